The van der Waals surface area contributed by atoms with E-state index in [1.54, 1.807) is 27.7 Å². The molecular formula is C14H21NaO8. The zero-order chi connectivity index (χ0) is 16.7. The van der Waals surface area contributed by atoms with E-state index in [0.717, 1.165) is 0 Å². The van der Waals surface area contributed by atoms with Crippen LogP contribution in [-0.4, -0.2) is 59.5 Å². The molecule has 0 aliphatic carbocycles. The number of carbonyl (C=O) groups excluding carboxylic acids is 2. The van der Waals surface area contributed by atoms with Crippen molar-refractivity contribution in [2.75, 3.05) is 6.61 Å². The van der Waals surface area contributed by atoms with Gasteiger partial charge in [-0.25, -0.2) is 0 Å². The van der Waals surface area contributed by atoms with Crippen LogP contribution in [0.4, 0.5) is 0 Å². The molecule has 0 aromatic rings. The number of ketones is 1. The number of Topliss-reactive ketones (excluding diaryl/α,β-unsaturated/α-hetero) is 1. The molecular weight excluding hydrogens is 319 g/mol. The Labute approximate surface area is 156 Å². The van der Waals surface area contributed by atoms with Crippen LogP contribution in [0.15, 0.2) is 0 Å². The first-order valence-corrected chi connectivity index (χ1v) is 7.10. The number of hydrogen-bond acceptors (Lipinski definition) is 8. The monoisotopic (exact) mass is 340 g/mol. The standard InChI is InChI=1S/C14H22O8.Na/c1-13(2)19-6-9(20-13)11-10(21-14(3,4)22-11)7(15)5-8(16)12(17)18;/h7,9-11,15H,5-6H2,1-4H3,(H,17,18);/q;+1/p-1/t7-,9+,10+,11+;/m0./s1. The predicted octanol–water partition coefficient (Wildman–Crippen LogP) is -4.27. The van der Waals surface area contributed by atoms with Crippen LogP contribution in [0.5, 0.6) is 0 Å². The molecule has 0 spiro atoms. The van der Waals surface area contributed by atoms with Crippen molar-refractivity contribution in [2.24, 2.45) is 0 Å². The molecule has 2 rings (SSSR count). The summed E-state index contributed by atoms with van der Waals surface area (Å²) in [6, 6.07) is 0. The fourth-order valence-electron chi connectivity index (χ4n) is 2.67. The first-order valence-electron chi connectivity index (χ1n) is 7.10. The summed E-state index contributed by atoms with van der Waals surface area (Å²) in [7, 11) is 0. The Morgan fingerprint density at radius 3 is 2.26 bits per heavy atom. The molecule has 2 fully saturated rings. The van der Waals surface area contributed by atoms with Crippen molar-refractivity contribution in [1.29, 1.82) is 0 Å². The Balaban J connectivity index is 0.00000264. The van der Waals surface area contributed by atoms with Crippen LogP contribution in [0, 0.1) is 0 Å². The maximum atomic E-state index is 11.2. The molecule has 0 unspecified atom stereocenters. The topological polar surface area (TPSA) is 114 Å². The molecule has 0 bridgehead atoms. The largest absolute Gasteiger partial charge is 1.00 e. The van der Waals surface area contributed by atoms with Crippen molar-refractivity contribution in [3.8, 4) is 0 Å². The van der Waals surface area contributed by atoms with Gasteiger partial charge in [-0.1, -0.05) is 0 Å². The van der Waals surface area contributed by atoms with Crippen LogP contribution >= 0.6 is 0 Å². The number of hydrogen-bond donors (Lipinski definition) is 1. The van der Waals surface area contributed by atoms with Crippen molar-refractivity contribution in [3.05, 3.63) is 0 Å². The van der Waals surface area contributed by atoms with E-state index < -0.39 is 54.2 Å². The predicted molar refractivity (Wildman–Crippen MR) is 69.4 cm³/mol. The van der Waals surface area contributed by atoms with Crippen LogP contribution in [-0.2, 0) is 28.5 Å². The molecule has 0 radical (unpaired) electrons. The van der Waals surface area contributed by atoms with Crippen molar-refractivity contribution >= 4 is 11.8 Å². The minimum absolute atomic E-state index is 0. The first-order chi connectivity index (χ1) is 10.0. The maximum Gasteiger partial charge on any atom is 1.00 e. The quantitative estimate of drug-likeness (QED) is 0.395. The van der Waals surface area contributed by atoms with E-state index in [1.807, 2.05) is 0 Å². The number of carboxylic acid groups (broad SMARTS) is 1. The SMILES string of the molecule is CC1(C)O[C@H]([C@@H](O)CC(=O)C(=O)[O-])[C@@H]([C@H]2COC(C)(C)O2)O1.[Na+]. The second kappa shape index (κ2) is 7.45. The second-order valence-corrected chi connectivity index (χ2v) is 6.41. The summed E-state index contributed by atoms with van der Waals surface area (Å²) >= 11 is 0. The van der Waals surface area contributed by atoms with Crippen LogP contribution in [0.2, 0.25) is 0 Å². The molecule has 126 valence electrons. The summed E-state index contributed by atoms with van der Waals surface area (Å²) in [4.78, 5) is 21.7. The molecule has 23 heavy (non-hydrogen) atoms. The van der Waals surface area contributed by atoms with E-state index in [2.05, 4.69) is 0 Å². The maximum absolute atomic E-state index is 11.2. The van der Waals surface area contributed by atoms with E-state index >= 15 is 0 Å². The van der Waals surface area contributed by atoms with Gasteiger partial charge >= 0.3 is 29.6 Å². The second-order valence-electron chi connectivity index (χ2n) is 6.41. The smallest absolute Gasteiger partial charge is 0.542 e. The Kier molecular flexibility index (Phi) is 6.79. The van der Waals surface area contributed by atoms with E-state index in [1.165, 1.54) is 0 Å². The van der Waals surface area contributed by atoms with E-state index in [4.69, 9.17) is 18.9 Å². The molecule has 0 aromatic heterocycles. The molecule has 8 nitrogen and oxygen atoms in total. The summed E-state index contributed by atoms with van der Waals surface area (Å²) in [5, 5.41) is 20.7. The fourth-order valence-corrected chi connectivity index (χ4v) is 2.67. The normalized spacial score (nSPS) is 33.0. The number of carbonyl (C=O) groups is 2. The minimum Gasteiger partial charge on any atom is -0.542 e. The van der Waals surface area contributed by atoms with Gasteiger partial charge in [-0.15, -0.1) is 0 Å². The number of ether oxygens (including phenoxy) is 4. The molecule has 2 aliphatic rings. The van der Waals surface area contributed by atoms with Gasteiger partial charge in [0.25, 0.3) is 0 Å². The summed E-state index contributed by atoms with van der Waals surface area (Å²) in [5.74, 6) is -4.80. The number of aliphatic hydroxyl groups is 1. The van der Waals surface area contributed by atoms with Crippen molar-refractivity contribution in [2.45, 2.75) is 70.1 Å². The van der Waals surface area contributed by atoms with Gasteiger partial charge < -0.3 is 34.0 Å². The van der Waals surface area contributed by atoms with E-state index in [9.17, 15) is 19.8 Å². The molecule has 2 saturated heterocycles. The molecule has 1 N–H and O–H groups in total. The average molecular weight is 340 g/mol. The van der Waals surface area contributed by atoms with Gasteiger partial charge in [0.1, 0.15) is 24.3 Å². The molecule has 0 amide bonds. The van der Waals surface area contributed by atoms with Crippen LogP contribution < -0.4 is 34.7 Å². The summed E-state index contributed by atoms with van der Waals surface area (Å²) in [6.07, 6.45) is -4.03. The van der Waals surface area contributed by atoms with Crippen LogP contribution in [0.25, 0.3) is 0 Å². The summed E-state index contributed by atoms with van der Waals surface area (Å²) in [5.41, 5.74) is 0. The minimum atomic E-state index is -1.84. The Hall–Kier alpha value is -0.0600. The number of aliphatic carboxylic acids is 1. The van der Waals surface area contributed by atoms with Gasteiger partial charge in [-0.3, -0.25) is 4.79 Å². The molecule has 2 heterocycles. The first kappa shape index (κ1) is 21.0. The van der Waals surface area contributed by atoms with Crippen molar-refractivity contribution in [3.63, 3.8) is 0 Å². The Morgan fingerprint density at radius 1 is 1.17 bits per heavy atom. The van der Waals surface area contributed by atoms with E-state index in [-0.39, 0.29) is 36.2 Å². The van der Waals surface area contributed by atoms with E-state index in [0.29, 0.717) is 0 Å². The molecule has 9 heteroatoms. The zero-order valence-corrected chi connectivity index (χ0v) is 16.0. The van der Waals surface area contributed by atoms with Crippen LogP contribution in [0.1, 0.15) is 34.1 Å². The molecule has 0 aromatic carbocycles. The average Bonchev–Trinajstić information content (AvgIpc) is 2.88. The summed E-state index contributed by atoms with van der Waals surface area (Å²) < 4.78 is 22.5. The van der Waals surface area contributed by atoms with Crippen molar-refractivity contribution < 1.29 is 68.3 Å². The Bertz CT molecular complexity index is 464. The van der Waals surface area contributed by atoms with Gasteiger partial charge in [-0.05, 0) is 27.7 Å². The molecule has 0 saturated carbocycles. The number of carboxylic acids is 1. The Morgan fingerprint density at radius 2 is 1.78 bits per heavy atom. The van der Waals surface area contributed by atoms with Crippen molar-refractivity contribution in [1.82, 2.24) is 0 Å². The van der Waals surface area contributed by atoms with Gasteiger partial charge in [0.15, 0.2) is 17.4 Å². The summed E-state index contributed by atoms with van der Waals surface area (Å²) in [6.45, 7) is 7.06. The van der Waals surface area contributed by atoms with Gasteiger partial charge in [0.2, 0.25) is 0 Å². The zero-order valence-electron chi connectivity index (χ0n) is 14.0. The fraction of sp³-hybridized carbons (Fsp3) is 0.857. The molecule has 4 atom stereocenters. The van der Waals surface area contributed by atoms with Gasteiger partial charge in [-0.2, -0.15) is 0 Å². The third-order valence-electron chi connectivity index (χ3n) is 3.56. The molecule has 2 aliphatic heterocycles. The van der Waals surface area contributed by atoms with Gasteiger partial charge in [0, 0.05) is 6.42 Å². The third kappa shape index (κ3) is 5.20. The number of rotatable bonds is 5. The third-order valence-corrected chi connectivity index (χ3v) is 3.56. The number of aliphatic hydroxyl groups excluding tert-OH is 1. The van der Waals surface area contributed by atoms with Gasteiger partial charge in [0.05, 0.1) is 12.7 Å². The van der Waals surface area contributed by atoms with Crippen LogP contribution in [0.3, 0.4) is 0 Å².